The van der Waals surface area contributed by atoms with Gasteiger partial charge in [0.15, 0.2) is 0 Å². The molecule has 2 aliphatic rings. The minimum absolute atomic E-state index is 0.0734. The van der Waals surface area contributed by atoms with Crippen LogP contribution in [-0.4, -0.2) is 29.9 Å². The van der Waals surface area contributed by atoms with E-state index in [1.807, 2.05) is 24.3 Å². The van der Waals surface area contributed by atoms with Gasteiger partial charge >= 0.3 is 5.97 Å². The monoisotopic (exact) mass is 327 g/mol. The highest BCUT2D eigenvalue weighted by atomic mass is 35.5. The quantitative estimate of drug-likeness (QED) is 0.619. The van der Waals surface area contributed by atoms with E-state index in [-0.39, 0.29) is 23.7 Å². The van der Waals surface area contributed by atoms with Gasteiger partial charge in [0.1, 0.15) is 4.33 Å². The lowest BCUT2D eigenvalue weighted by atomic mass is 9.89. The number of alkyl halides is 2. The molecular weight excluding hydrogens is 313 g/mol. The fraction of sp³-hybridized carbons (Fsp3) is 0.467. The number of hydrogen-bond donors (Lipinski definition) is 0. The number of ether oxygens (including phenoxy) is 1. The number of methoxy groups -OCH3 is 1. The van der Waals surface area contributed by atoms with Gasteiger partial charge in [0, 0.05) is 12.2 Å². The molecular formula is C15H15Cl2NO3. The number of carbonyl (C=O) groups is 2. The molecule has 0 N–H and O–H groups in total. The van der Waals surface area contributed by atoms with E-state index < -0.39 is 4.33 Å². The Morgan fingerprint density at radius 2 is 2.00 bits per heavy atom. The molecule has 4 nitrogen and oxygen atoms in total. The average Bonchev–Trinajstić information content (AvgIpc) is 3.13. The molecule has 2 atom stereocenters. The second kappa shape index (κ2) is 5.18. The van der Waals surface area contributed by atoms with Crippen LogP contribution in [0.5, 0.6) is 0 Å². The molecule has 0 radical (unpaired) electrons. The SMILES string of the molecule is COC(=O)C1CCN(C(=O)C2CC2(Cl)Cl)c2ccccc21. The molecule has 1 aromatic rings. The van der Waals surface area contributed by atoms with Crippen LogP contribution in [0.25, 0.3) is 0 Å². The first-order chi connectivity index (χ1) is 9.95. The topological polar surface area (TPSA) is 46.6 Å². The molecule has 1 heterocycles. The van der Waals surface area contributed by atoms with Crippen molar-refractivity contribution in [2.75, 3.05) is 18.6 Å². The van der Waals surface area contributed by atoms with Gasteiger partial charge in [-0.1, -0.05) is 18.2 Å². The van der Waals surface area contributed by atoms with Crippen molar-refractivity contribution in [3.63, 3.8) is 0 Å². The van der Waals surface area contributed by atoms with E-state index in [9.17, 15) is 9.59 Å². The fourth-order valence-corrected chi connectivity index (χ4v) is 3.34. The molecule has 1 saturated carbocycles. The van der Waals surface area contributed by atoms with Gasteiger partial charge in [0.2, 0.25) is 5.91 Å². The fourth-order valence-electron chi connectivity index (χ4n) is 2.85. The minimum atomic E-state index is -0.939. The number of hydrogen-bond acceptors (Lipinski definition) is 3. The predicted molar refractivity (Wildman–Crippen MR) is 80.7 cm³/mol. The number of carbonyl (C=O) groups excluding carboxylic acids is 2. The largest absolute Gasteiger partial charge is 0.469 e. The number of rotatable bonds is 2. The Balaban J connectivity index is 1.92. The molecule has 0 saturated heterocycles. The van der Waals surface area contributed by atoms with E-state index in [0.29, 0.717) is 19.4 Å². The smallest absolute Gasteiger partial charge is 0.313 e. The van der Waals surface area contributed by atoms with Gasteiger partial charge < -0.3 is 9.64 Å². The zero-order valence-corrected chi connectivity index (χ0v) is 13.0. The molecule has 1 aliphatic heterocycles. The van der Waals surface area contributed by atoms with E-state index >= 15 is 0 Å². The van der Waals surface area contributed by atoms with Crippen molar-refractivity contribution >= 4 is 40.8 Å². The maximum absolute atomic E-state index is 12.5. The first-order valence-electron chi connectivity index (χ1n) is 6.81. The van der Waals surface area contributed by atoms with Crippen LogP contribution in [0.1, 0.15) is 24.3 Å². The lowest BCUT2D eigenvalue weighted by Crippen LogP contribution is -2.40. The van der Waals surface area contributed by atoms with E-state index in [1.54, 1.807) is 4.90 Å². The number of benzene rings is 1. The summed E-state index contributed by atoms with van der Waals surface area (Å²) in [6, 6.07) is 7.40. The number of anilines is 1. The van der Waals surface area contributed by atoms with Crippen LogP contribution in [-0.2, 0) is 14.3 Å². The first-order valence-corrected chi connectivity index (χ1v) is 7.57. The van der Waals surface area contributed by atoms with Crippen LogP contribution >= 0.6 is 23.2 Å². The maximum Gasteiger partial charge on any atom is 0.313 e. The van der Waals surface area contributed by atoms with Crippen molar-refractivity contribution in [2.45, 2.75) is 23.1 Å². The Kier molecular flexibility index (Phi) is 3.62. The summed E-state index contributed by atoms with van der Waals surface area (Å²) >= 11 is 12.0. The van der Waals surface area contributed by atoms with Gasteiger partial charge in [-0.05, 0) is 24.5 Å². The van der Waals surface area contributed by atoms with Crippen LogP contribution in [0.3, 0.4) is 0 Å². The predicted octanol–water partition coefficient (Wildman–Crippen LogP) is 2.87. The molecule has 1 fully saturated rings. The van der Waals surface area contributed by atoms with Gasteiger partial charge in [-0.3, -0.25) is 9.59 Å². The summed E-state index contributed by atoms with van der Waals surface area (Å²) in [6.07, 6.45) is 1.02. The molecule has 3 rings (SSSR count). The van der Waals surface area contributed by atoms with Gasteiger partial charge in [0.25, 0.3) is 0 Å². The number of halogens is 2. The molecule has 0 bridgehead atoms. The lowest BCUT2D eigenvalue weighted by Gasteiger charge is -2.33. The third kappa shape index (κ3) is 2.51. The number of esters is 1. The van der Waals surface area contributed by atoms with Crippen molar-refractivity contribution in [3.05, 3.63) is 29.8 Å². The average molecular weight is 328 g/mol. The lowest BCUT2D eigenvalue weighted by molar-refractivity contribution is -0.142. The zero-order chi connectivity index (χ0) is 15.2. The highest BCUT2D eigenvalue weighted by Gasteiger charge is 2.58. The van der Waals surface area contributed by atoms with Crippen molar-refractivity contribution in [1.82, 2.24) is 0 Å². The summed E-state index contributed by atoms with van der Waals surface area (Å²) in [5.41, 5.74) is 1.57. The molecule has 112 valence electrons. The number of fused-ring (bicyclic) bond motifs is 1. The molecule has 6 heteroatoms. The van der Waals surface area contributed by atoms with Crippen LogP contribution in [0.4, 0.5) is 5.69 Å². The van der Waals surface area contributed by atoms with E-state index in [1.165, 1.54) is 7.11 Å². The van der Waals surface area contributed by atoms with Crippen LogP contribution in [0.15, 0.2) is 24.3 Å². The summed E-state index contributed by atoms with van der Waals surface area (Å²) in [6.45, 7) is 0.468. The highest BCUT2D eigenvalue weighted by molar-refractivity contribution is 6.52. The van der Waals surface area contributed by atoms with E-state index in [0.717, 1.165) is 11.3 Å². The third-order valence-corrected chi connectivity index (χ3v) is 4.96. The zero-order valence-electron chi connectivity index (χ0n) is 11.5. The van der Waals surface area contributed by atoms with Gasteiger partial charge in [-0.15, -0.1) is 23.2 Å². The maximum atomic E-state index is 12.5. The summed E-state index contributed by atoms with van der Waals surface area (Å²) in [7, 11) is 1.38. The summed E-state index contributed by atoms with van der Waals surface area (Å²) in [4.78, 5) is 26.1. The van der Waals surface area contributed by atoms with Crippen LogP contribution < -0.4 is 4.90 Å². The number of para-hydroxylation sites is 1. The molecule has 21 heavy (non-hydrogen) atoms. The number of amides is 1. The molecule has 1 aromatic carbocycles. The van der Waals surface area contributed by atoms with Crippen molar-refractivity contribution in [2.24, 2.45) is 5.92 Å². The summed E-state index contributed by atoms with van der Waals surface area (Å²) < 4.78 is 3.91. The molecule has 1 aliphatic carbocycles. The Morgan fingerprint density at radius 1 is 1.33 bits per heavy atom. The minimum Gasteiger partial charge on any atom is -0.469 e. The Labute approximate surface area is 133 Å². The molecule has 1 amide bonds. The van der Waals surface area contributed by atoms with Crippen LogP contribution in [0.2, 0.25) is 0 Å². The summed E-state index contributed by atoms with van der Waals surface area (Å²) in [5.74, 6) is -1.03. The third-order valence-electron chi connectivity index (χ3n) is 4.12. The molecule has 2 unspecified atom stereocenters. The van der Waals surface area contributed by atoms with Gasteiger partial charge in [-0.25, -0.2) is 0 Å². The Bertz CT molecular complexity index is 602. The van der Waals surface area contributed by atoms with Crippen molar-refractivity contribution < 1.29 is 14.3 Å². The normalized spacial score (nSPS) is 26.0. The highest BCUT2D eigenvalue weighted by Crippen LogP contribution is 2.54. The summed E-state index contributed by atoms with van der Waals surface area (Å²) in [5, 5.41) is 0. The molecule has 0 spiro atoms. The van der Waals surface area contributed by atoms with E-state index in [2.05, 4.69) is 0 Å². The van der Waals surface area contributed by atoms with Crippen LogP contribution in [0, 0.1) is 5.92 Å². The standard InChI is InChI=1S/C15H15Cl2NO3/c1-21-14(20)10-6-7-18(12-5-3-2-4-9(10)12)13(19)11-8-15(11,16)17/h2-5,10-11H,6-8H2,1H3. The Hall–Kier alpha value is -1.26. The van der Waals surface area contributed by atoms with Gasteiger partial charge in [-0.2, -0.15) is 0 Å². The molecule has 0 aromatic heterocycles. The first kappa shape index (κ1) is 14.7. The van der Waals surface area contributed by atoms with E-state index in [4.69, 9.17) is 27.9 Å². The van der Waals surface area contributed by atoms with Crippen molar-refractivity contribution in [1.29, 1.82) is 0 Å². The Morgan fingerprint density at radius 3 is 2.62 bits per heavy atom. The number of nitrogens with zero attached hydrogens (tertiary/aromatic N) is 1. The second-order valence-electron chi connectivity index (χ2n) is 5.43. The second-order valence-corrected chi connectivity index (χ2v) is 6.97. The van der Waals surface area contributed by atoms with Gasteiger partial charge in [0.05, 0.1) is 18.9 Å². The van der Waals surface area contributed by atoms with Crippen molar-refractivity contribution in [3.8, 4) is 0 Å².